The van der Waals surface area contributed by atoms with Gasteiger partial charge in [0.15, 0.2) is 3.92 Å². The van der Waals surface area contributed by atoms with Gasteiger partial charge >= 0.3 is 0 Å². The monoisotopic (exact) mass is 281 g/mol. The van der Waals surface area contributed by atoms with E-state index < -0.39 is 0 Å². The molecule has 1 atom stereocenters. The zero-order chi connectivity index (χ0) is 9.42. The Morgan fingerprint density at radius 1 is 1.62 bits per heavy atom. The highest BCUT2D eigenvalue weighted by Gasteiger charge is 2.31. The molecule has 1 fully saturated rings. The lowest BCUT2D eigenvalue weighted by Gasteiger charge is -2.09. The smallest absolute Gasteiger partial charge is 0.230 e. The fourth-order valence-electron chi connectivity index (χ4n) is 1.16. The van der Waals surface area contributed by atoms with E-state index in [-0.39, 0.29) is 11.3 Å². The number of carbonyl (C=O) groups is 1. The van der Waals surface area contributed by atoms with Gasteiger partial charge in [0.2, 0.25) is 11.0 Å². The van der Waals surface area contributed by atoms with Crippen LogP contribution in [0.25, 0.3) is 0 Å². The summed E-state index contributed by atoms with van der Waals surface area (Å²) in [6, 6.07) is 0. The molecule has 1 unspecified atom stereocenters. The Morgan fingerprint density at radius 2 is 2.38 bits per heavy atom. The first-order valence-corrected chi connectivity index (χ1v) is 5.65. The van der Waals surface area contributed by atoms with Gasteiger partial charge in [-0.15, -0.1) is 21.8 Å². The van der Waals surface area contributed by atoms with Crippen molar-refractivity contribution in [1.82, 2.24) is 10.2 Å². The zero-order valence-corrected chi connectivity index (χ0v) is 9.56. The average molecular weight is 283 g/mol. The Bertz CT molecular complexity index is 344. The first-order valence-electron chi connectivity index (χ1n) is 3.60. The van der Waals surface area contributed by atoms with Gasteiger partial charge in [0.1, 0.15) is 0 Å². The van der Waals surface area contributed by atoms with Gasteiger partial charge in [-0.05, 0) is 15.9 Å². The predicted molar refractivity (Wildman–Crippen MR) is 54.2 cm³/mol. The number of nitrogens with zero attached hydrogens (tertiary/aromatic N) is 3. The van der Waals surface area contributed by atoms with Crippen LogP contribution in [0.4, 0.5) is 5.13 Å². The SMILES string of the molecule is O=C1CC(Cl)CN1c1nnc(Br)s1. The van der Waals surface area contributed by atoms with Crippen molar-refractivity contribution in [2.75, 3.05) is 11.4 Å². The Labute approximate surface area is 92.0 Å². The summed E-state index contributed by atoms with van der Waals surface area (Å²) < 4.78 is 0.674. The molecule has 0 radical (unpaired) electrons. The lowest BCUT2D eigenvalue weighted by Crippen LogP contribution is -2.24. The van der Waals surface area contributed by atoms with Crippen molar-refractivity contribution in [1.29, 1.82) is 0 Å². The highest BCUT2D eigenvalue weighted by atomic mass is 79.9. The Morgan fingerprint density at radius 3 is 2.85 bits per heavy atom. The van der Waals surface area contributed by atoms with Gasteiger partial charge in [0.25, 0.3) is 0 Å². The summed E-state index contributed by atoms with van der Waals surface area (Å²) >= 11 is 10.4. The second-order valence-corrected chi connectivity index (χ2v) is 5.49. The summed E-state index contributed by atoms with van der Waals surface area (Å²) in [6.45, 7) is 0.530. The predicted octanol–water partition coefficient (Wildman–Crippen LogP) is 1.64. The number of rotatable bonds is 1. The number of halogens is 2. The Hall–Kier alpha value is -0.200. The molecule has 0 aliphatic carbocycles. The molecule has 2 heterocycles. The molecular formula is C6H5BrClN3OS. The maximum Gasteiger partial charge on any atom is 0.230 e. The first kappa shape index (κ1) is 9.36. The molecule has 1 amide bonds. The minimum absolute atomic E-state index is 0.0173. The Kier molecular flexibility index (Phi) is 2.53. The van der Waals surface area contributed by atoms with Crippen molar-refractivity contribution in [3.05, 3.63) is 3.92 Å². The second kappa shape index (κ2) is 3.51. The minimum Gasteiger partial charge on any atom is -0.285 e. The molecule has 0 saturated carbocycles. The number of aromatic nitrogens is 2. The summed E-state index contributed by atoms with van der Waals surface area (Å²) in [5, 5.41) is 8.13. The van der Waals surface area contributed by atoms with Gasteiger partial charge in [-0.25, -0.2) is 0 Å². The van der Waals surface area contributed by atoms with E-state index >= 15 is 0 Å². The summed E-state index contributed by atoms with van der Waals surface area (Å²) in [4.78, 5) is 12.9. The standard InChI is InChI=1S/C6H5BrClN3OS/c7-5-9-10-6(13-5)11-2-3(8)1-4(11)12/h3H,1-2H2. The van der Waals surface area contributed by atoms with E-state index in [9.17, 15) is 4.79 Å². The van der Waals surface area contributed by atoms with Crippen LogP contribution < -0.4 is 4.90 Å². The number of alkyl halides is 1. The third-order valence-corrected chi connectivity index (χ3v) is 3.37. The molecule has 70 valence electrons. The zero-order valence-electron chi connectivity index (χ0n) is 6.41. The van der Waals surface area contributed by atoms with Crippen LogP contribution in [0.1, 0.15) is 6.42 Å². The van der Waals surface area contributed by atoms with E-state index in [1.54, 1.807) is 4.90 Å². The normalized spacial score (nSPS) is 22.8. The number of amides is 1. The number of hydrogen-bond acceptors (Lipinski definition) is 4. The van der Waals surface area contributed by atoms with E-state index in [4.69, 9.17) is 11.6 Å². The lowest BCUT2D eigenvalue weighted by atomic mass is 10.4. The molecule has 1 aliphatic rings. The highest BCUT2D eigenvalue weighted by molar-refractivity contribution is 9.11. The maximum atomic E-state index is 11.4. The molecule has 7 heteroatoms. The molecule has 0 spiro atoms. The third-order valence-electron chi connectivity index (χ3n) is 1.70. The molecule has 0 bridgehead atoms. The van der Waals surface area contributed by atoms with Crippen molar-refractivity contribution >= 4 is 49.9 Å². The molecule has 1 saturated heterocycles. The topological polar surface area (TPSA) is 46.1 Å². The number of hydrogen-bond donors (Lipinski definition) is 0. The molecule has 2 rings (SSSR count). The fraction of sp³-hybridized carbons (Fsp3) is 0.500. The van der Waals surface area contributed by atoms with Crippen LogP contribution in [0, 0.1) is 0 Å². The quantitative estimate of drug-likeness (QED) is 0.736. The van der Waals surface area contributed by atoms with Gasteiger partial charge in [-0.2, -0.15) is 0 Å². The van der Waals surface area contributed by atoms with Gasteiger partial charge < -0.3 is 0 Å². The van der Waals surface area contributed by atoms with E-state index in [0.29, 0.717) is 22.0 Å². The second-order valence-electron chi connectivity index (χ2n) is 2.64. The Balaban J connectivity index is 2.22. The largest absolute Gasteiger partial charge is 0.285 e. The highest BCUT2D eigenvalue weighted by Crippen LogP contribution is 2.28. The van der Waals surface area contributed by atoms with Crippen molar-refractivity contribution < 1.29 is 4.79 Å². The first-order chi connectivity index (χ1) is 6.16. The van der Waals surface area contributed by atoms with E-state index in [1.807, 2.05) is 0 Å². The van der Waals surface area contributed by atoms with E-state index in [2.05, 4.69) is 26.1 Å². The van der Waals surface area contributed by atoms with Crippen LogP contribution in [0.5, 0.6) is 0 Å². The molecule has 1 aliphatic heterocycles. The van der Waals surface area contributed by atoms with Crippen LogP contribution in [0.3, 0.4) is 0 Å². The summed E-state index contributed by atoms with van der Waals surface area (Å²) in [5.41, 5.74) is 0. The summed E-state index contributed by atoms with van der Waals surface area (Å²) in [7, 11) is 0. The van der Waals surface area contributed by atoms with Crippen LogP contribution in [-0.2, 0) is 4.79 Å². The third kappa shape index (κ3) is 1.84. The molecule has 4 nitrogen and oxygen atoms in total. The van der Waals surface area contributed by atoms with Gasteiger partial charge in [-0.3, -0.25) is 9.69 Å². The van der Waals surface area contributed by atoms with Crippen molar-refractivity contribution in [2.45, 2.75) is 11.8 Å². The molecule has 1 aromatic heterocycles. The fourth-order valence-corrected chi connectivity index (χ4v) is 2.54. The number of carbonyl (C=O) groups excluding carboxylic acids is 1. The van der Waals surface area contributed by atoms with Crippen LogP contribution in [-0.4, -0.2) is 28.0 Å². The van der Waals surface area contributed by atoms with Crippen LogP contribution >= 0.6 is 38.9 Å². The van der Waals surface area contributed by atoms with E-state index in [0.717, 1.165) is 0 Å². The summed E-state index contributed by atoms with van der Waals surface area (Å²) in [5.74, 6) is 0.0173. The van der Waals surface area contributed by atoms with Crippen LogP contribution in [0.2, 0.25) is 0 Å². The lowest BCUT2D eigenvalue weighted by molar-refractivity contribution is -0.117. The van der Waals surface area contributed by atoms with Gasteiger partial charge in [0, 0.05) is 13.0 Å². The van der Waals surface area contributed by atoms with E-state index in [1.165, 1.54) is 11.3 Å². The van der Waals surface area contributed by atoms with Gasteiger partial charge in [0.05, 0.1) is 5.38 Å². The molecule has 1 aromatic rings. The molecule has 0 aromatic carbocycles. The van der Waals surface area contributed by atoms with Crippen molar-refractivity contribution in [3.8, 4) is 0 Å². The van der Waals surface area contributed by atoms with Gasteiger partial charge in [-0.1, -0.05) is 11.3 Å². The molecular weight excluding hydrogens is 278 g/mol. The van der Waals surface area contributed by atoms with Crippen molar-refractivity contribution in [3.63, 3.8) is 0 Å². The number of anilines is 1. The van der Waals surface area contributed by atoms with Crippen LogP contribution in [0.15, 0.2) is 3.92 Å². The molecule has 13 heavy (non-hydrogen) atoms. The maximum absolute atomic E-state index is 11.4. The average Bonchev–Trinajstić information content (AvgIpc) is 2.58. The van der Waals surface area contributed by atoms with Crippen molar-refractivity contribution in [2.24, 2.45) is 0 Å². The molecule has 0 N–H and O–H groups in total. The summed E-state index contributed by atoms with van der Waals surface area (Å²) in [6.07, 6.45) is 0.388. The minimum atomic E-state index is -0.102.